The number of hydrogen-bond acceptors (Lipinski definition) is 5. The van der Waals surface area contributed by atoms with Crippen molar-refractivity contribution in [3.63, 3.8) is 0 Å². The number of rotatable bonds is 6. The molecular formula is C30H32F3N5O. The first kappa shape index (κ1) is 25.7. The fourth-order valence-corrected chi connectivity index (χ4v) is 6.00. The Labute approximate surface area is 226 Å². The second kappa shape index (κ2) is 10.9. The summed E-state index contributed by atoms with van der Waals surface area (Å²) in [7, 11) is 0. The summed E-state index contributed by atoms with van der Waals surface area (Å²) in [6, 6.07) is 11.3. The van der Waals surface area contributed by atoms with E-state index < -0.39 is 17.5 Å². The number of aromatic nitrogens is 1. The van der Waals surface area contributed by atoms with Gasteiger partial charge in [0.05, 0.1) is 5.69 Å². The minimum Gasteiger partial charge on any atom is -0.367 e. The summed E-state index contributed by atoms with van der Waals surface area (Å²) in [5.74, 6) is -2.32. The van der Waals surface area contributed by atoms with Gasteiger partial charge in [0.1, 0.15) is 11.6 Å². The summed E-state index contributed by atoms with van der Waals surface area (Å²) < 4.78 is 41.5. The summed E-state index contributed by atoms with van der Waals surface area (Å²) in [4.78, 5) is 24.3. The highest BCUT2D eigenvalue weighted by atomic mass is 19.2. The molecule has 1 aromatic heterocycles. The summed E-state index contributed by atoms with van der Waals surface area (Å²) in [6.07, 6.45) is 6.35. The lowest BCUT2D eigenvalue weighted by molar-refractivity contribution is 0.0709. The summed E-state index contributed by atoms with van der Waals surface area (Å²) >= 11 is 0. The number of anilines is 2. The van der Waals surface area contributed by atoms with Gasteiger partial charge in [0, 0.05) is 67.7 Å². The van der Waals surface area contributed by atoms with Crippen molar-refractivity contribution in [3.05, 3.63) is 77.2 Å². The van der Waals surface area contributed by atoms with Crippen LogP contribution in [0.4, 0.5) is 24.7 Å². The highest BCUT2D eigenvalue weighted by Crippen LogP contribution is 2.33. The van der Waals surface area contributed by atoms with Crippen LogP contribution in [0, 0.1) is 17.5 Å². The third kappa shape index (κ3) is 5.32. The van der Waals surface area contributed by atoms with Gasteiger partial charge in [-0.15, -0.1) is 0 Å². The number of benzene rings is 2. The van der Waals surface area contributed by atoms with Crippen molar-refractivity contribution in [2.24, 2.45) is 0 Å². The van der Waals surface area contributed by atoms with Gasteiger partial charge >= 0.3 is 0 Å². The van der Waals surface area contributed by atoms with Crippen molar-refractivity contribution < 1.29 is 18.0 Å². The molecule has 39 heavy (non-hydrogen) atoms. The highest BCUT2D eigenvalue weighted by Gasteiger charge is 2.31. The molecule has 9 heteroatoms. The Kier molecular flexibility index (Phi) is 7.16. The van der Waals surface area contributed by atoms with Crippen LogP contribution in [0.3, 0.4) is 0 Å². The average Bonchev–Trinajstić information content (AvgIpc) is 3.64. The van der Waals surface area contributed by atoms with E-state index in [-0.39, 0.29) is 24.1 Å². The largest absolute Gasteiger partial charge is 0.367 e. The van der Waals surface area contributed by atoms with E-state index in [9.17, 15) is 18.0 Å². The molecule has 1 N–H and O–H groups in total. The Hall–Kier alpha value is -3.59. The van der Waals surface area contributed by atoms with Crippen LogP contribution in [-0.4, -0.2) is 66.0 Å². The molecule has 6 nitrogen and oxygen atoms in total. The van der Waals surface area contributed by atoms with E-state index >= 15 is 0 Å². The number of halogens is 3. The number of amides is 1. The zero-order valence-electron chi connectivity index (χ0n) is 21.8. The van der Waals surface area contributed by atoms with Crippen LogP contribution < -0.4 is 10.2 Å². The maximum atomic E-state index is 14.3. The van der Waals surface area contributed by atoms with Gasteiger partial charge in [-0.3, -0.25) is 4.79 Å². The second-order valence-corrected chi connectivity index (χ2v) is 10.7. The molecule has 0 saturated carbocycles. The molecule has 2 saturated heterocycles. The van der Waals surface area contributed by atoms with Crippen molar-refractivity contribution in [1.82, 2.24) is 14.8 Å². The zero-order chi connectivity index (χ0) is 26.9. The van der Waals surface area contributed by atoms with E-state index in [1.807, 2.05) is 40.1 Å². The van der Waals surface area contributed by atoms with Gasteiger partial charge in [0.2, 0.25) is 0 Å². The van der Waals surface area contributed by atoms with Crippen molar-refractivity contribution in [1.29, 1.82) is 0 Å². The molecule has 1 amide bonds. The van der Waals surface area contributed by atoms with Gasteiger partial charge in [0.25, 0.3) is 5.91 Å². The number of pyridine rings is 1. The molecule has 6 rings (SSSR count). The first-order valence-corrected chi connectivity index (χ1v) is 13.7. The molecule has 2 fully saturated rings. The SMILES string of the molecule is O=C(c1ccc(-c2cnc3c(c2)N(Cc2cc(F)c(F)cc2F)CCN3)cc1)N1CCC[C@H]1CN1CCCC1. The molecule has 4 heterocycles. The van der Waals surface area contributed by atoms with Gasteiger partial charge < -0.3 is 20.0 Å². The lowest BCUT2D eigenvalue weighted by Gasteiger charge is -2.32. The van der Waals surface area contributed by atoms with Crippen molar-refractivity contribution in [3.8, 4) is 11.1 Å². The molecular weight excluding hydrogens is 503 g/mol. The minimum absolute atomic E-state index is 0.0794. The number of nitrogens with zero attached hydrogens (tertiary/aromatic N) is 4. The third-order valence-corrected chi connectivity index (χ3v) is 8.10. The van der Waals surface area contributed by atoms with Crippen molar-refractivity contribution >= 4 is 17.4 Å². The van der Waals surface area contributed by atoms with Crippen LogP contribution in [0.15, 0.2) is 48.7 Å². The molecule has 0 spiro atoms. The smallest absolute Gasteiger partial charge is 0.254 e. The van der Waals surface area contributed by atoms with E-state index in [0.29, 0.717) is 30.5 Å². The predicted octanol–water partition coefficient (Wildman–Crippen LogP) is 5.30. The number of carbonyl (C=O) groups excluding carboxylic acids is 1. The molecule has 2 aromatic carbocycles. The lowest BCUT2D eigenvalue weighted by atomic mass is 10.0. The molecule has 0 bridgehead atoms. The third-order valence-electron chi connectivity index (χ3n) is 8.10. The Bertz CT molecular complexity index is 1360. The zero-order valence-corrected chi connectivity index (χ0v) is 21.8. The first-order valence-electron chi connectivity index (χ1n) is 13.7. The van der Waals surface area contributed by atoms with E-state index in [0.717, 1.165) is 61.9 Å². The Morgan fingerprint density at radius 3 is 2.46 bits per heavy atom. The summed E-state index contributed by atoms with van der Waals surface area (Å²) in [5, 5.41) is 3.24. The number of fused-ring (bicyclic) bond motifs is 1. The second-order valence-electron chi connectivity index (χ2n) is 10.7. The number of hydrogen-bond donors (Lipinski definition) is 1. The van der Waals surface area contributed by atoms with Crippen LogP contribution in [0.5, 0.6) is 0 Å². The Morgan fingerprint density at radius 2 is 1.67 bits per heavy atom. The normalized spacial score (nSPS) is 19.3. The molecule has 3 aliphatic rings. The van der Waals surface area contributed by atoms with Gasteiger partial charge in [-0.2, -0.15) is 0 Å². The highest BCUT2D eigenvalue weighted by molar-refractivity contribution is 5.95. The molecule has 3 aliphatic heterocycles. The van der Waals surface area contributed by atoms with Gasteiger partial charge in [0.15, 0.2) is 11.6 Å². The van der Waals surface area contributed by atoms with Crippen molar-refractivity contribution in [2.45, 2.75) is 38.3 Å². The monoisotopic (exact) mass is 535 g/mol. The molecule has 0 radical (unpaired) electrons. The standard InChI is InChI=1S/C30H32F3N5O/c31-25-16-27(33)26(32)14-23(25)18-37-13-9-34-29-28(37)15-22(17-35-29)20-5-7-21(8-6-20)30(39)38-12-3-4-24(38)19-36-10-1-2-11-36/h5-8,14-17,24H,1-4,9-13,18-19H2,(H,34,35)/t24-/m0/s1. The number of likely N-dealkylation sites (tertiary alicyclic amines) is 2. The maximum Gasteiger partial charge on any atom is 0.254 e. The molecule has 0 aliphatic carbocycles. The lowest BCUT2D eigenvalue weighted by Crippen LogP contribution is -2.42. The van der Waals surface area contributed by atoms with Crippen LogP contribution in [-0.2, 0) is 6.54 Å². The Morgan fingerprint density at radius 1 is 0.897 bits per heavy atom. The summed E-state index contributed by atoms with van der Waals surface area (Å²) in [5.41, 5.74) is 3.27. The Balaban J connectivity index is 1.19. The fraction of sp³-hybridized carbons (Fsp3) is 0.400. The minimum atomic E-state index is -1.20. The molecule has 3 aromatic rings. The first-order chi connectivity index (χ1) is 19.0. The van der Waals surface area contributed by atoms with Crippen LogP contribution in [0.1, 0.15) is 41.6 Å². The fourth-order valence-electron chi connectivity index (χ4n) is 6.00. The number of carbonyl (C=O) groups is 1. The van der Waals surface area contributed by atoms with E-state index in [1.165, 1.54) is 12.8 Å². The summed E-state index contributed by atoms with van der Waals surface area (Å²) in [6.45, 7) is 5.26. The molecule has 204 valence electrons. The van der Waals surface area contributed by atoms with E-state index in [2.05, 4.69) is 15.2 Å². The van der Waals surface area contributed by atoms with Crippen LogP contribution >= 0.6 is 0 Å². The topological polar surface area (TPSA) is 51.7 Å². The molecule has 1 atom stereocenters. The van der Waals surface area contributed by atoms with Gasteiger partial charge in [-0.1, -0.05) is 12.1 Å². The number of nitrogens with one attached hydrogen (secondary N) is 1. The van der Waals surface area contributed by atoms with Gasteiger partial charge in [-0.25, -0.2) is 18.2 Å². The van der Waals surface area contributed by atoms with Crippen LogP contribution in [0.2, 0.25) is 0 Å². The van der Waals surface area contributed by atoms with Crippen LogP contribution in [0.25, 0.3) is 11.1 Å². The maximum absolute atomic E-state index is 14.3. The van der Waals surface area contributed by atoms with Crippen molar-refractivity contribution in [2.75, 3.05) is 49.5 Å². The molecule has 0 unspecified atom stereocenters. The van der Waals surface area contributed by atoms with Gasteiger partial charge in [-0.05, 0) is 68.6 Å². The average molecular weight is 536 g/mol. The van der Waals surface area contributed by atoms with E-state index in [1.54, 1.807) is 6.20 Å². The quantitative estimate of drug-likeness (QED) is 0.435. The van der Waals surface area contributed by atoms with E-state index in [4.69, 9.17) is 0 Å². The predicted molar refractivity (Wildman–Crippen MR) is 145 cm³/mol.